The first kappa shape index (κ1) is 25.2. The summed E-state index contributed by atoms with van der Waals surface area (Å²) in [6.07, 6.45) is -3.31. The topological polar surface area (TPSA) is 89.1 Å². The van der Waals surface area contributed by atoms with Gasteiger partial charge in [-0.1, -0.05) is 50.6 Å². The number of alkyl halides is 3. The molecule has 2 heterocycles. The van der Waals surface area contributed by atoms with Crippen LogP contribution < -0.4 is 14.8 Å². The van der Waals surface area contributed by atoms with Crippen molar-refractivity contribution in [2.24, 2.45) is 5.41 Å². The van der Waals surface area contributed by atoms with Crippen LogP contribution in [0.3, 0.4) is 0 Å². The zero-order valence-electron chi connectivity index (χ0n) is 17.9. The van der Waals surface area contributed by atoms with Crippen LogP contribution in [-0.2, 0) is 4.79 Å². The van der Waals surface area contributed by atoms with E-state index in [9.17, 15) is 18.0 Å². The van der Waals surface area contributed by atoms with Gasteiger partial charge in [-0.05, 0) is 36.6 Å². The van der Waals surface area contributed by atoms with Gasteiger partial charge in [0.2, 0.25) is 0 Å². The summed E-state index contributed by atoms with van der Waals surface area (Å²) in [6.45, 7) is 8.34. The van der Waals surface area contributed by atoms with Crippen LogP contribution in [0.25, 0.3) is 16.8 Å². The highest BCUT2D eigenvalue weighted by Gasteiger charge is 2.30. The number of aromatic nitrogens is 2. The molecule has 2 N–H and O–H groups in total. The van der Waals surface area contributed by atoms with Crippen molar-refractivity contribution in [2.45, 2.75) is 39.9 Å². The Balaban J connectivity index is 0.000000451. The summed E-state index contributed by atoms with van der Waals surface area (Å²) >= 11 is 6.13. The predicted molar refractivity (Wildman–Crippen MR) is 112 cm³/mol. The molecule has 0 aliphatic rings. The van der Waals surface area contributed by atoms with Gasteiger partial charge in [-0.15, -0.1) is 0 Å². The number of carbonyl (C=O) groups is 2. The largest absolute Gasteiger partial charge is 0.542 e. The van der Waals surface area contributed by atoms with Gasteiger partial charge in [0.1, 0.15) is 5.97 Å². The van der Waals surface area contributed by atoms with Gasteiger partial charge >= 0.3 is 17.9 Å². The second kappa shape index (κ2) is 9.60. The van der Waals surface area contributed by atoms with Crippen molar-refractivity contribution >= 4 is 29.0 Å². The Morgan fingerprint density at radius 1 is 1.12 bits per heavy atom. The van der Waals surface area contributed by atoms with Gasteiger partial charge in [-0.3, -0.25) is 4.79 Å². The van der Waals surface area contributed by atoms with E-state index in [1.54, 1.807) is 0 Å². The van der Waals surface area contributed by atoms with Gasteiger partial charge in [-0.25, -0.2) is 4.98 Å². The van der Waals surface area contributed by atoms with E-state index in [0.29, 0.717) is 10.8 Å². The molecule has 0 aliphatic heterocycles. The Hall–Kier alpha value is -3.07. The molecule has 1 atom stereocenters. The summed E-state index contributed by atoms with van der Waals surface area (Å²) in [5, 5.41) is 12.5. The number of amides is 1. The number of fused-ring (bicyclic) bond motifs is 1. The van der Waals surface area contributed by atoms with Gasteiger partial charge in [0, 0.05) is 16.6 Å². The van der Waals surface area contributed by atoms with Crippen molar-refractivity contribution in [2.75, 3.05) is 0 Å². The van der Waals surface area contributed by atoms with Crippen LogP contribution in [0.1, 0.15) is 38.3 Å². The molecular weight excluding hydrogens is 447 g/mol. The third kappa shape index (κ3) is 6.23. The second-order valence-electron chi connectivity index (χ2n) is 8.16. The lowest BCUT2D eigenvalue weighted by Crippen LogP contribution is -2.44. The molecule has 32 heavy (non-hydrogen) atoms. The lowest BCUT2D eigenvalue weighted by atomic mass is 9.88. The van der Waals surface area contributed by atoms with Crippen molar-refractivity contribution in [3.63, 3.8) is 0 Å². The molecule has 3 rings (SSSR count). The number of carboxylic acids is 1. The number of imidazole rings is 1. The maximum atomic E-state index is 12.8. The molecule has 0 spiro atoms. The van der Waals surface area contributed by atoms with Crippen LogP contribution >= 0.6 is 11.6 Å². The first-order valence-electron chi connectivity index (χ1n) is 9.59. The molecule has 6 nitrogen and oxygen atoms in total. The summed E-state index contributed by atoms with van der Waals surface area (Å²) in [5.74, 6) is -2.63. The van der Waals surface area contributed by atoms with Crippen molar-refractivity contribution < 1.29 is 32.3 Å². The van der Waals surface area contributed by atoms with Crippen LogP contribution in [-0.4, -0.2) is 29.1 Å². The molecule has 0 saturated heterocycles. The summed E-state index contributed by atoms with van der Waals surface area (Å²) in [6, 6.07) is 13.5. The highest BCUT2D eigenvalue weighted by molar-refractivity contribution is 6.30. The van der Waals surface area contributed by atoms with E-state index in [1.165, 1.54) is 0 Å². The number of benzene rings is 1. The molecule has 0 aliphatic carbocycles. The number of carboxylic acid groups (broad SMARTS) is 1. The molecule has 172 valence electrons. The Morgan fingerprint density at radius 3 is 2.28 bits per heavy atom. The molecule has 1 amide bonds. The number of aromatic amines is 1. The highest BCUT2D eigenvalue weighted by atomic mass is 35.5. The molecule has 0 saturated carbocycles. The maximum Gasteiger partial charge on any atom is 0.430 e. The van der Waals surface area contributed by atoms with Crippen LogP contribution in [0.2, 0.25) is 5.02 Å². The van der Waals surface area contributed by atoms with E-state index in [1.807, 2.05) is 60.0 Å². The quantitative estimate of drug-likeness (QED) is 0.575. The molecular formula is C22H23ClF3N3O3. The van der Waals surface area contributed by atoms with Crippen molar-refractivity contribution in [1.82, 2.24) is 10.3 Å². The lowest BCUT2D eigenvalue weighted by Gasteiger charge is -2.27. The average Bonchev–Trinajstić information content (AvgIpc) is 3.07. The number of hydrogen-bond acceptors (Lipinski definition) is 3. The van der Waals surface area contributed by atoms with E-state index < -0.39 is 12.1 Å². The third-order valence-corrected chi connectivity index (χ3v) is 5.04. The monoisotopic (exact) mass is 469 g/mol. The number of carbonyl (C=O) groups excluding carboxylic acids is 2. The summed E-state index contributed by atoms with van der Waals surface area (Å²) < 4.78 is 33.4. The predicted octanol–water partition coefficient (Wildman–Crippen LogP) is 3.54. The minimum atomic E-state index is -5.19. The Kier molecular flexibility index (Phi) is 7.56. The summed E-state index contributed by atoms with van der Waals surface area (Å²) in [5.41, 5.74) is 2.73. The summed E-state index contributed by atoms with van der Waals surface area (Å²) in [4.78, 5) is 24.9. The molecule has 0 unspecified atom stereocenters. The molecule has 10 heteroatoms. The Labute approximate surface area is 188 Å². The number of rotatable bonds is 3. The van der Waals surface area contributed by atoms with E-state index in [4.69, 9.17) is 21.5 Å². The third-order valence-electron chi connectivity index (χ3n) is 4.81. The first-order valence-corrected chi connectivity index (χ1v) is 9.97. The van der Waals surface area contributed by atoms with E-state index in [0.717, 1.165) is 16.8 Å². The highest BCUT2D eigenvalue weighted by Crippen LogP contribution is 2.25. The average molecular weight is 470 g/mol. The minimum Gasteiger partial charge on any atom is -0.542 e. The number of hydrogen-bond donors (Lipinski definition) is 2. The number of halogens is 4. The zero-order chi connectivity index (χ0) is 24.3. The molecule has 0 bridgehead atoms. The van der Waals surface area contributed by atoms with E-state index >= 15 is 0 Å². The van der Waals surface area contributed by atoms with E-state index in [2.05, 4.69) is 31.1 Å². The number of aliphatic carboxylic acids is 1. The molecule has 0 fully saturated rings. The minimum absolute atomic E-state index is 0.0154. The van der Waals surface area contributed by atoms with Crippen LogP contribution in [0.15, 0.2) is 48.7 Å². The van der Waals surface area contributed by atoms with Gasteiger partial charge < -0.3 is 15.2 Å². The molecule has 3 aromatic rings. The lowest BCUT2D eigenvalue weighted by molar-refractivity contribution is -0.514. The smallest absolute Gasteiger partial charge is 0.430 e. The van der Waals surface area contributed by atoms with Gasteiger partial charge in [0.05, 0.1) is 6.20 Å². The van der Waals surface area contributed by atoms with Crippen molar-refractivity contribution in [3.05, 3.63) is 59.5 Å². The van der Waals surface area contributed by atoms with Crippen LogP contribution in [0.4, 0.5) is 13.2 Å². The van der Waals surface area contributed by atoms with Gasteiger partial charge in [0.25, 0.3) is 0 Å². The fourth-order valence-electron chi connectivity index (χ4n) is 2.60. The maximum absolute atomic E-state index is 12.8. The number of nitrogens with one attached hydrogen (secondary N) is 2. The van der Waals surface area contributed by atoms with Gasteiger partial charge in [-0.2, -0.15) is 17.6 Å². The molecule has 1 aromatic carbocycles. The SMILES string of the molecule is C[C@H](NC(=O)c1[nH]c(-c2cccc(Cl)c2)c2cccc[n+]12)C(C)(C)C.O=C([O-])C(F)(F)F. The summed E-state index contributed by atoms with van der Waals surface area (Å²) in [7, 11) is 0. The molecule has 0 radical (unpaired) electrons. The van der Waals surface area contributed by atoms with E-state index in [-0.39, 0.29) is 17.4 Å². The van der Waals surface area contributed by atoms with Crippen molar-refractivity contribution in [1.29, 1.82) is 0 Å². The number of H-pyrrole nitrogens is 1. The van der Waals surface area contributed by atoms with Gasteiger partial charge in [0.15, 0.2) is 11.2 Å². The Morgan fingerprint density at radius 2 is 1.75 bits per heavy atom. The normalized spacial score (nSPS) is 12.6. The fraction of sp³-hybridized carbons (Fsp3) is 0.318. The van der Waals surface area contributed by atoms with Crippen LogP contribution in [0, 0.1) is 5.41 Å². The number of pyridine rings is 1. The number of nitrogens with zero attached hydrogens (tertiary/aromatic N) is 1. The first-order chi connectivity index (χ1) is 14.7. The van der Waals surface area contributed by atoms with Crippen molar-refractivity contribution in [3.8, 4) is 11.3 Å². The molecule has 2 aromatic heterocycles. The zero-order valence-corrected chi connectivity index (χ0v) is 18.6. The second-order valence-corrected chi connectivity index (χ2v) is 8.60. The Bertz CT molecular complexity index is 1120. The van der Waals surface area contributed by atoms with Crippen LogP contribution in [0.5, 0.6) is 0 Å². The fourth-order valence-corrected chi connectivity index (χ4v) is 2.79. The standard InChI is InChI=1S/C20H22ClN3O.C2HF3O2/c1-13(20(2,3)4)22-19(25)18-23-17(14-8-7-9-15(21)12-14)16-10-5-6-11-24(16)18;3-2(4,5)1(6)7/h5-13H,1-4H3,(H,22,25);(H,6,7)/t13-;/m0./s1.